The normalized spacial score (nSPS) is 11.2. The molecule has 0 aliphatic heterocycles. The average Bonchev–Trinajstić information content (AvgIpc) is 3.26. The summed E-state index contributed by atoms with van der Waals surface area (Å²) in [6.07, 6.45) is 3.05. The minimum absolute atomic E-state index is 0.168. The summed E-state index contributed by atoms with van der Waals surface area (Å²) in [4.78, 5) is 30.0. The first-order valence-electron chi connectivity index (χ1n) is 10.6. The molecule has 0 saturated carbocycles. The van der Waals surface area contributed by atoms with E-state index in [0.717, 1.165) is 16.3 Å². The quantitative estimate of drug-likeness (QED) is 0.378. The highest BCUT2D eigenvalue weighted by atomic mass is 35.5. The lowest BCUT2D eigenvalue weighted by molar-refractivity contribution is 0.0952. The Morgan fingerprint density at radius 3 is 2.71 bits per heavy atom. The van der Waals surface area contributed by atoms with Crippen LogP contribution in [-0.4, -0.2) is 31.8 Å². The number of carbonyl (C=O) groups excluding carboxylic acids is 1. The van der Waals surface area contributed by atoms with Crippen LogP contribution in [0.3, 0.4) is 0 Å². The van der Waals surface area contributed by atoms with Crippen molar-refractivity contribution in [2.24, 2.45) is 0 Å². The van der Waals surface area contributed by atoms with E-state index < -0.39 is 0 Å². The molecular formula is C25H19Cl2N5O2. The maximum Gasteiger partial charge on any atom is 0.264 e. The Morgan fingerprint density at radius 1 is 1.00 bits per heavy atom. The largest absolute Gasteiger partial charge is 0.350 e. The number of carbonyl (C=O) groups is 1. The summed E-state index contributed by atoms with van der Waals surface area (Å²) >= 11 is 12.0. The second-order valence-corrected chi connectivity index (χ2v) is 8.64. The summed E-state index contributed by atoms with van der Waals surface area (Å²) in [5.41, 5.74) is 1.64. The molecule has 2 heterocycles. The first-order valence-corrected chi connectivity index (χ1v) is 11.4. The van der Waals surface area contributed by atoms with Gasteiger partial charge in [-0.05, 0) is 34.5 Å². The monoisotopic (exact) mass is 491 g/mol. The second kappa shape index (κ2) is 9.29. The predicted octanol–water partition coefficient (Wildman–Crippen LogP) is 4.53. The number of nitrogens with zero attached hydrogens (tertiary/aromatic N) is 4. The molecule has 5 rings (SSSR count). The Morgan fingerprint density at radius 2 is 1.82 bits per heavy atom. The topological polar surface area (TPSA) is 81.8 Å². The first kappa shape index (κ1) is 22.1. The molecule has 3 aromatic carbocycles. The molecular weight excluding hydrogens is 473 g/mol. The van der Waals surface area contributed by atoms with Gasteiger partial charge in [-0.25, -0.2) is 9.67 Å². The Bertz CT molecular complexity index is 1590. The molecule has 0 bridgehead atoms. The third-order valence-electron chi connectivity index (χ3n) is 5.63. The Labute approximate surface area is 204 Å². The number of halogens is 2. The van der Waals surface area contributed by atoms with Crippen LogP contribution in [0.5, 0.6) is 0 Å². The van der Waals surface area contributed by atoms with Crippen LogP contribution in [0.1, 0.15) is 15.9 Å². The molecule has 1 N–H and O–H groups in total. The smallest absolute Gasteiger partial charge is 0.264 e. The van der Waals surface area contributed by atoms with Crippen LogP contribution in [0.15, 0.2) is 78.0 Å². The van der Waals surface area contributed by atoms with Gasteiger partial charge in [0.05, 0.1) is 29.9 Å². The van der Waals surface area contributed by atoms with Crippen LogP contribution in [0, 0.1) is 0 Å². The molecule has 7 nitrogen and oxygen atoms in total. The van der Waals surface area contributed by atoms with Crippen molar-refractivity contribution in [1.82, 2.24) is 24.6 Å². The number of rotatable bonds is 6. The van der Waals surface area contributed by atoms with Crippen molar-refractivity contribution in [1.29, 1.82) is 0 Å². The molecule has 1 amide bonds. The van der Waals surface area contributed by atoms with Gasteiger partial charge in [0.2, 0.25) is 0 Å². The SMILES string of the molecule is O=C(NCCn1ncc2c(=O)n(Cc3cccc4ccccc34)cnc21)c1cc(Cl)ccc1Cl. The second-order valence-electron chi connectivity index (χ2n) is 7.80. The van der Waals surface area contributed by atoms with E-state index in [4.69, 9.17) is 23.2 Å². The molecule has 0 aliphatic carbocycles. The fourth-order valence-corrected chi connectivity index (χ4v) is 4.31. The highest BCUT2D eigenvalue weighted by Crippen LogP contribution is 2.21. The van der Waals surface area contributed by atoms with Gasteiger partial charge < -0.3 is 5.32 Å². The van der Waals surface area contributed by atoms with Gasteiger partial charge in [0.25, 0.3) is 11.5 Å². The molecule has 2 aromatic heterocycles. The average molecular weight is 492 g/mol. The number of nitrogens with one attached hydrogen (secondary N) is 1. The van der Waals surface area contributed by atoms with Gasteiger partial charge in [-0.3, -0.25) is 14.2 Å². The molecule has 0 unspecified atom stereocenters. The van der Waals surface area contributed by atoms with Crippen LogP contribution in [0.25, 0.3) is 21.8 Å². The number of amides is 1. The van der Waals surface area contributed by atoms with Gasteiger partial charge in [0.15, 0.2) is 5.65 Å². The summed E-state index contributed by atoms with van der Waals surface area (Å²) < 4.78 is 3.18. The lowest BCUT2D eigenvalue weighted by Crippen LogP contribution is -2.28. The zero-order chi connectivity index (χ0) is 23.7. The standard InChI is InChI=1S/C25H19Cl2N5O2/c26-18-8-9-22(27)20(12-18)24(33)28-10-11-32-23-21(13-30-32)25(34)31(15-29-23)14-17-6-3-5-16-4-1-2-7-19(16)17/h1-9,12-13,15H,10-11,14H2,(H,28,33). The molecule has 34 heavy (non-hydrogen) atoms. The molecule has 9 heteroatoms. The van der Waals surface area contributed by atoms with E-state index in [9.17, 15) is 9.59 Å². The number of aromatic nitrogens is 4. The van der Waals surface area contributed by atoms with E-state index in [0.29, 0.717) is 39.7 Å². The van der Waals surface area contributed by atoms with Gasteiger partial charge in [0, 0.05) is 11.6 Å². The lowest BCUT2D eigenvalue weighted by atomic mass is 10.0. The number of hydrogen-bond donors (Lipinski definition) is 1. The molecule has 170 valence electrons. The summed E-state index contributed by atoms with van der Waals surface area (Å²) in [5.74, 6) is -0.339. The minimum atomic E-state index is -0.339. The predicted molar refractivity (Wildman–Crippen MR) is 134 cm³/mol. The van der Waals surface area contributed by atoms with E-state index in [1.807, 2.05) is 42.5 Å². The van der Waals surface area contributed by atoms with Crippen LogP contribution in [-0.2, 0) is 13.1 Å². The zero-order valence-corrected chi connectivity index (χ0v) is 19.4. The van der Waals surface area contributed by atoms with Gasteiger partial charge in [-0.1, -0.05) is 65.7 Å². The summed E-state index contributed by atoms with van der Waals surface area (Å²) in [5, 5.41) is 10.5. The number of hydrogen-bond acceptors (Lipinski definition) is 4. The summed E-state index contributed by atoms with van der Waals surface area (Å²) in [7, 11) is 0. The number of benzene rings is 3. The first-order chi connectivity index (χ1) is 16.5. The molecule has 0 fully saturated rings. The van der Waals surface area contributed by atoms with Crippen molar-refractivity contribution >= 4 is 50.9 Å². The van der Waals surface area contributed by atoms with Gasteiger partial charge in [-0.15, -0.1) is 0 Å². The zero-order valence-electron chi connectivity index (χ0n) is 17.9. The fourth-order valence-electron chi connectivity index (χ4n) is 3.93. The molecule has 0 radical (unpaired) electrons. The maximum absolute atomic E-state index is 13.1. The molecule has 0 aliphatic rings. The number of fused-ring (bicyclic) bond motifs is 2. The van der Waals surface area contributed by atoms with Crippen molar-refractivity contribution in [2.45, 2.75) is 13.1 Å². The van der Waals surface area contributed by atoms with Crippen molar-refractivity contribution in [3.05, 3.63) is 105 Å². The van der Waals surface area contributed by atoms with Gasteiger partial charge in [-0.2, -0.15) is 5.10 Å². The Hall–Kier alpha value is -3.68. The third-order valence-corrected chi connectivity index (χ3v) is 6.19. The van der Waals surface area contributed by atoms with Gasteiger partial charge >= 0.3 is 0 Å². The lowest BCUT2D eigenvalue weighted by Gasteiger charge is -2.10. The third kappa shape index (κ3) is 4.27. The van der Waals surface area contributed by atoms with Crippen LogP contribution >= 0.6 is 23.2 Å². The Kier molecular flexibility index (Phi) is 6.04. The summed E-state index contributed by atoms with van der Waals surface area (Å²) in [6, 6.07) is 18.8. The van der Waals surface area contributed by atoms with E-state index in [2.05, 4.69) is 15.4 Å². The van der Waals surface area contributed by atoms with Crippen molar-refractivity contribution in [3.63, 3.8) is 0 Å². The molecule has 0 saturated heterocycles. The van der Waals surface area contributed by atoms with Crippen molar-refractivity contribution < 1.29 is 4.79 Å². The van der Waals surface area contributed by atoms with Crippen LogP contribution in [0.4, 0.5) is 0 Å². The molecule has 5 aromatic rings. The van der Waals surface area contributed by atoms with Crippen LogP contribution in [0.2, 0.25) is 10.0 Å². The van der Waals surface area contributed by atoms with E-state index in [-0.39, 0.29) is 18.0 Å². The van der Waals surface area contributed by atoms with Crippen molar-refractivity contribution in [3.8, 4) is 0 Å². The minimum Gasteiger partial charge on any atom is -0.350 e. The van der Waals surface area contributed by atoms with E-state index in [1.54, 1.807) is 21.4 Å². The summed E-state index contributed by atoms with van der Waals surface area (Å²) in [6.45, 7) is 1.02. The van der Waals surface area contributed by atoms with E-state index in [1.165, 1.54) is 18.6 Å². The highest BCUT2D eigenvalue weighted by molar-refractivity contribution is 6.35. The van der Waals surface area contributed by atoms with Gasteiger partial charge in [0.1, 0.15) is 11.7 Å². The van der Waals surface area contributed by atoms with Crippen molar-refractivity contribution in [2.75, 3.05) is 6.54 Å². The van der Waals surface area contributed by atoms with E-state index >= 15 is 0 Å². The molecule has 0 spiro atoms. The highest BCUT2D eigenvalue weighted by Gasteiger charge is 2.13. The maximum atomic E-state index is 13.1. The fraction of sp³-hybridized carbons (Fsp3) is 0.120. The Balaban J connectivity index is 1.33. The van der Waals surface area contributed by atoms with Crippen LogP contribution < -0.4 is 10.9 Å². The molecule has 0 atom stereocenters.